The van der Waals surface area contributed by atoms with E-state index in [0.717, 1.165) is 31.3 Å². The van der Waals surface area contributed by atoms with Crippen LogP contribution in [0.25, 0.3) is 0 Å². The fourth-order valence-electron chi connectivity index (χ4n) is 2.31. The summed E-state index contributed by atoms with van der Waals surface area (Å²) in [5.41, 5.74) is -1.30. The van der Waals surface area contributed by atoms with Gasteiger partial charge in [-0.3, -0.25) is 10.1 Å². The molecular weight excluding hydrogens is 433 g/mol. The Morgan fingerprint density at radius 2 is 1.97 bits per heavy atom. The Bertz CT molecular complexity index is 981. The minimum Gasteiger partial charge on any atom is -0.456 e. The van der Waals surface area contributed by atoms with E-state index in [1.165, 1.54) is 19.2 Å². The van der Waals surface area contributed by atoms with Crippen molar-refractivity contribution < 1.29 is 37.2 Å². The first-order chi connectivity index (χ1) is 14.0. The van der Waals surface area contributed by atoms with Crippen LogP contribution in [0.5, 0.6) is 11.5 Å². The first kappa shape index (κ1) is 23.1. The van der Waals surface area contributed by atoms with Crippen molar-refractivity contribution in [3.05, 3.63) is 62.7 Å². The van der Waals surface area contributed by atoms with Crippen molar-refractivity contribution >= 4 is 29.5 Å². The second kappa shape index (κ2) is 9.55. The van der Waals surface area contributed by atoms with Gasteiger partial charge in [-0.2, -0.15) is 13.2 Å². The van der Waals surface area contributed by atoms with Gasteiger partial charge in [-0.1, -0.05) is 16.8 Å². The Labute approximate surface area is 172 Å². The average Bonchev–Trinajstić information content (AvgIpc) is 2.65. The monoisotopic (exact) mass is 446 g/mol. The van der Waals surface area contributed by atoms with Crippen LogP contribution < -0.4 is 4.74 Å². The maximum atomic E-state index is 12.8. The molecule has 2 aromatic rings. The minimum absolute atomic E-state index is 0.000985. The van der Waals surface area contributed by atoms with Gasteiger partial charge >= 0.3 is 12.1 Å². The molecule has 1 unspecified atom stereocenters. The van der Waals surface area contributed by atoms with Crippen LogP contribution in [0.15, 0.2) is 41.6 Å². The van der Waals surface area contributed by atoms with Gasteiger partial charge in [0.05, 0.1) is 27.3 Å². The molecule has 12 heteroatoms. The minimum atomic E-state index is -4.57. The molecule has 0 fully saturated rings. The number of nitrogens with zero attached hydrogens (tertiary/aromatic N) is 2. The Hall–Kier alpha value is -3.18. The molecule has 0 aromatic heterocycles. The Kier molecular flexibility index (Phi) is 7.35. The number of methoxy groups -OCH3 is 1. The summed E-state index contributed by atoms with van der Waals surface area (Å²) in [5.74, 6) is -0.753. The normalized spacial score (nSPS) is 12.6. The van der Waals surface area contributed by atoms with Crippen LogP contribution in [-0.2, 0) is 20.5 Å². The van der Waals surface area contributed by atoms with Crippen molar-refractivity contribution in [2.75, 3.05) is 7.11 Å². The SMILES string of the molecule is COC(C=NOC(C)=O)c1cc(Oc2ccc(C(F)(F)F)cc2Cl)ccc1[N+](=O)[O-]. The molecule has 0 radical (unpaired) electrons. The molecule has 0 aliphatic carbocycles. The van der Waals surface area contributed by atoms with E-state index in [0.29, 0.717) is 6.07 Å². The lowest BCUT2D eigenvalue weighted by Crippen LogP contribution is -2.08. The van der Waals surface area contributed by atoms with Gasteiger partial charge in [0.15, 0.2) is 0 Å². The molecule has 30 heavy (non-hydrogen) atoms. The molecule has 0 spiro atoms. The number of benzene rings is 2. The number of nitro benzene ring substituents is 1. The number of oxime groups is 1. The lowest BCUT2D eigenvalue weighted by Gasteiger charge is -2.14. The van der Waals surface area contributed by atoms with Crippen LogP contribution in [-0.4, -0.2) is 24.2 Å². The summed E-state index contributed by atoms with van der Waals surface area (Å²) in [7, 11) is 1.24. The van der Waals surface area contributed by atoms with Crippen LogP contribution in [0.1, 0.15) is 24.2 Å². The van der Waals surface area contributed by atoms with Crippen LogP contribution in [0.2, 0.25) is 5.02 Å². The fraction of sp³-hybridized carbons (Fsp3) is 0.222. The van der Waals surface area contributed by atoms with Crippen LogP contribution in [0.4, 0.5) is 18.9 Å². The third-order valence-electron chi connectivity index (χ3n) is 3.62. The van der Waals surface area contributed by atoms with E-state index < -0.39 is 28.7 Å². The second-order valence-electron chi connectivity index (χ2n) is 5.72. The molecule has 0 amide bonds. The van der Waals surface area contributed by atoms with Crippen molar-refractivity contribution in [1.29, 1.82) is 0 Å². The molecule has 0 aliphatic rings. The molecule has 0 aliphatic heterocycles. The summed E-state index contributed by atoms with van der Waals surface area (Å²) in [6, 6.07) is 6.12. The predicted molar refractivity (Wildman–Crippen MR) is 99.6 cm³/mol. The van der Waals surface area contributed by atoms with Crippen molar-refractivity contribution in [1.82, 2.24) is 0 Å². The van der Waals surface area contributed by atoms with E-state index in [-0.39, 0.29) is 27.8 Å². The van der Waals surface area contributed by atoms with Crippen LogP contribution >= 0.6 is 11.6 Å². The summed E-state index contributed by atoms with van der Waals surface area (Å²) >= 11 is 5.87. The zero-order valence-electron chi connectivity index (χ0n) is 15.5. The van der Waals surface area contributed by atoms with Crippen molar-refractivity contribution in [3.8, 4) is 11.5 Å². The Morgan fingerprint density at radius 3 is 2.50 bits per heavy atom. The van der Waals surface area contributed by atoms with E-state index in [2.05, 4.69) is 9.99 Å². The number of halogens is 4. The molecule has 160 valence electrons. The molecule has 1 atom stereocenters. The van der Waals surface area contributed by atoms with Crippen molar-refractivity contribution in [2.24, 2.45) is 5.16 Å². The predicted octanol–water partition coefficient (Wildman–Crippen LogP) is 5.30. The van der Waals surface area contributed by atoms with Gasteiger partial charge in [0.25, 0.3) is 5.69 Å². The number of rotatable bonds is 7. The van der Waals surface area contributed by atoms with Crippen molar-refractivity contribution in [3.63, 3.8) is 0 Å². The third-order valence-corrected chi connectivity index (χ3v) is 3.92. The topological polar surface area (TPSA) is 100 Å². The lowest BCUT2D eigenvalue weighted by molar-refractivity contribution is -0.386. The standard InChI is InChI=1S/C18H14ClF3N2O6/c1-10(25)30-23-9-17(28-2)13-8-12(4-5-15(13)24(26)27)29-16-6-3-11(7-14(16)19)18(20,21)22/h3-9,17H,1-2H3. The third kappa shape index (κ3) is 5.91. The molecule has 2 rings (SSSR count). The summed E-state index contributed by atoms with van der Waals surface area (Å²) in [6.45, 7) is 1.11. The van der Waals surface area contributed by atoms with Gasteiger partial charge < -0.3 is 14.3 Å². The number of hydrogen-bond acceptors (Lipinski definition) is 7. The zero-order valence-corrected chi connectivity index (χ0v) is 16.2. The van der Waals surface area contributed by atoms with E-state index in [4.69, 9.17) is 21.1 Å². The van der Waals surface area contributed by atoms with E-state index in [1.807, 2.05) is 0 Å². The molecule has 0 N–H and O–H groups in total. The summed E-state index contributed by atoms with van der Waals surface area (Å²) in [4.78, 5) is 25.9. The summed E-state index contributed by atoms with van der Waals surface area (Å²) in [6.07, 6.45) is -4.63. The van der Waals surface area contributed by atoms with Gasteiger partial charge in [0, 0.05) is 20.1 Å². The Morgan fingerprint density at radius 1 is 1.27 bits per heavy atom. The highest BCUT2D eigenvalue weighted by Crippen LogP contribution is 2.38. The maximum Gasteiger partial charge on any atom is 0.416 e. The molecule has 0 heterocycles. The van der Waals surface area contributed by atoms with Gasteiger partial charge in [-0.05, 0) is 30.3 Å². The van der Waals surface area contributed by atoms with Gasteiger partial charge in [-0.15, -0.1) is 0 Å². The van der Waals surface area contributed by atoms with Crippen LogP contribution in [0.3, 0.4) is 0 Å². The second-order valence-corrected chi connectivity index (χ2v) is 6.12. The van der Waals surface area contributed by atoms with Gasteiger partial charge in [-0.25, -0.2) is 4.79 Å². The van der Waals surface area contributed by atoms with Gasteiger partial charge in [0.2, 0.25) is 0 Å². The highest BCUT2D eigenvalue weighted by molar-refractivity contribution is 6.32. The summed E-state index contributed by atoms with van der Waals surface area (Å²) in [5, 5.41) is 14.4. The largest absolute Gasteiger partial charge is 0.456 e. The van der Waals surface area contributed by atoms with Crippen molar-refractivity contribution in [2.45, 2.75) is 19.2 Å². The first-order valence-corrected chi connectivity index (χ1v) is 8.47. The number of nitro groups is 1. The highest BCUT2D eigenvalue weighted by atomic mass is 35.5. The molecule has 8 nitrogen and oxygen atoms in total. The van der Waals surface area contributed by atoms with Gasteiger partial charge in [0.1, 0.15) is 17.6 Å². The number of carbonyl (C=O) groups is 1. The fourth-order valence-corrected chi connectivity index (χ4v) is 2.52. The maximum absolute atomic E-state index is 12.8. The average molecular weight is 447 g/mol. The molecule has 0 saturated heterocycles. The quantitative estimate of drug-likeness (QED) is 0.248. The first-order valence-electron chi connectivity index (χ1n) is 8.09. The zero-order chi connectivity index (χ0) is 22.5. The van der Waals surface area contributed by atoms with E-state index in [1.54, 1.807) is 0 Å². The number of ether oxygens (including phenoxy) is 2. The number of alkyl halides is 3. The van der Waals surface area contributed by atoms with Crippen LogP contribution in [0, 0.1) is 10.1 Å². The molecular formula is C18H14ClF3N2O6. The highest BCUT2D eigenvalue weighted by Gasteiger charge is 2.31. The molecule has 0 saturated carbocycles. The molecule has 0 bridgehead atoms. The van der Waals surface area contributed by atoms with E-state index >= 15 is 0 Å². The van der Waals surface area contributed by atoms with E-state index in [9.17, 15) is 28.1 Å². The lowest BCUT2D eigenvalue weighted by atomic mass is 10.1. The number of carbonyl (C=O) groups excluding carboxylic acids is 1. The smallest absolute Gasteiger partial charge is 0.416 e. The summed E-state index contributed by atoms with van der Waals surface area (Å²) < 4.78 is 48.9. The number of hydrogen-bond donors (Lipinski definition) is 0. The molecule has 2 aromatic carbocycles. The Balaban J connectivity index is 2.39.